The van der Waals surface area contributed by atoms with E-state index in [9.17, 15) is 4.79 Å². The van der Waals surface area contributed by atoms with Gasteiger partial charge in [0.1, 0.15) is 6.33 Å². The lowest BCUT2D eigenvalue weighted by molar-refractivity contribution is 0.419. The summed E-state index contributed by atoms with van der Waals surface area (Å²) >= 11 is 0. The minimum Gasteiger partial charge on any atom is -0.339 e. The number of anilines is 1. The van der Waals surface area contributed by atoms with Gasteiger partial charge in [-0.1, -0.05) is 6.07 Å². The molecular weight excluding hydrogens is 352 g/mol. The lowest BCUT2D eigenvalue weighted by Gasteiger charge is -2.38. The van der Waals surface area contributed by atoms with Gasteiger partial charge in [-0.15, -0.1) is 0 Å². The second-order valence-corrected chi connectivity index (χ2v) is 7.70. The molecule has 142 valence electrons. The van der Waals surface area contributed by atoms with Crippen LogP contribution >= 0.6 is 0 Å². The van der Waals surface area contributed by atoms with E-state index in [0.29, 0.717) is 29.9 Å². The van der Waals surface area contributed by atoms with E-state index in [-0.39, 0.29) is 5.56 Å². The lowest BCUT2D eigenvalue weighted by atomic mass is 10.0. The molecule has 0 fully saturated rings. The Morgan fingerprint density at radius 1 is 1.14 bits per heavy atom. The van der Waals surface area contributed by atoms with E-state index in [1.807, 2.05) is 12.3 Å². The van der Waals surface area contributed by atoms with Crippen LogP contribution in [-0.4, -0.2) is 37.1 Å². The molecule has 2 aliphatic rings. The molecule has 1 unspecified atom stereocenters. The number of hydrogen-bond acceptors (Lipinski definition) is 6. The fraction of sp³-hybridized carbons (Fsp3) is 0.381. The number of pyridine rings is 1. The third kappa shape index (κ3) is 2.96. The van der Waals surface area contributed by atoms with Crippen molar-refractivity contribution in [3.05, 3.63) is 64.6 Å². The Hall–Kier alpha value is -3.09. The SMILES string of the molecule is CC1CCn2c(nc(-c3ccncn3)cc2=O)N1C[C@@H]1Cc2cccnc2C1. The highest BCUT2D eigenvalue weighted by atomic mass is 16.1. The van der Waals surface area contributed by atoms with Crippen LogP contribution in [0.3, 0.4) is 0 Å². The standard InChI is InChI=1S/C21H22N6O/c1-14-5-8-26-20(28)11-19(17-4-7-22-13-24-17)25-21(26)27(14)12-15-9-16-3-2-6-23-18(16)10-15/h2-4,6-7,11,13-15H,5,8-10,12H2,1H3/t14?,15-/m1/s1. The number of fused-ring (bicyclic) bond motifs is 2. The third-order valence-electron chi connectivity index (χ3n) is 5.82. The summed E-state index contributed by atoms with van der Waals surface area (Å²) < 4.78 is 1.80. The van der Waals surface area contributed by atoms with E-state index in [2.05, 4.69) is 32.8 Å². The van der Waals surface area contributed by atoms with Gasteiger partial charge in [0.25, 0.3) is 5.56 Å². The van der Waals surface area contributed by atoms with Crippen molar-refractivity contribution in [3.63, 3.8) is 0 Å². The van der Waals surface area contributed by atoms with Crippen molar-refractivity contribution in [2.45, 2.75) is 38.8 Å². The van der Waals surface area contributed by atoms with Crippen molar-refractivity contribution in [1.82, 2.24) is 24.5 Å². The topological polar surface area (TPSA) is 76.8 Å². The number of rotatable bonds is 3. The fourth-order valence-corrected chi connectivity index (χ4v) is 4.33. The predicted octanol–water partition coefficient (Wildman–Crippen LogP) is 2.11. The van der Waals surface area contributed by atoms with Crippen LogP contribution in [-0.2, 0) is 19.4 Å². The van der Waals surface area contributed by atoms with Crippen LogP contribution in [0.1, 0.15) is 24.6 Å². The molecule has 1 aliphatic heterocycles. The molecule has 0 amide bonds. The molecule has 0 aromatic carbocycles. The van der Waals surface area contributed by atoms with Gasteiger partial charge >= 0.3 is 0 Å². The van der Waals surface area contributed by atoms with Gasteiger partial charge in [-0.05, 0) is 49.8 Å². The van der Waals surface area contributed by atoms with Crippen molar-refractivity contribution in [1.29, 1.82) is 0 Å². The molecule has 3 aromatic rings. The Bertz CT molecular complexity index is 1040. The van der Waals surface area contributed by atoms with E-state index in [1.165, 1.54) is 17.6 Å². The molecule has 0 saturated carbocycles. The third-order valence-corrected chi connectivity index (χ3v) is 5.82. The predicted molar refractivity (Wildman–Crippen MR) is 106 cm³/mol. The molecule has 5 rings (SSSR count). The number of hydrogen-bond donors (Lipinski definition) is 0. The Balaban J connectivity index is 1.49. The first-order valence-corrected chi connectivity index (χ1v) is 9.76. The van der Waals surface area contributed by atoms with Crippen molar-refractivity contribution in [2.75, 3.05) is 11.4 Å². The minimum absolute atomic E-state index is 0.0214. The van der Waals surface area contributed by atoms with Crippen LogP contribution in [0, 0.1) is 5.92 Å². The molecule has 0 spiro atoms. The first kappa shape index (κ1) is 17.0. The molecule has 3 aromatic heterocycles. The number of aromatic nitrogens is 5. The molecule has 0 bridgehead atoms. The molecule has 2 atom stereocenters. The molecule has 4 heterocycles. The van der Waals surface area contributed by atoms with Gasteiger partial charge in [-0.3, -0.25) is 14.3 Å². The van der Waals surface area contributed by atoms with Crippen LogP contribution < -0.4 is 10.5 Å². The van der Waals surface area contributed by atoms with Crippen molar-refractivity contribution < 1.29 is 0 Å². The maximum absolute atomic E-state index is 12.8. The maximum Gasteiger partial charge on any atom is 0.255 e. The zero-order valence-corrected chi connectivity index (χ0v) is 15.8. The maximum atomic E-state index is 12.8. The molecule has 7 heteroatoms. The Labute approximate surface area is 163 Å². The largest absolute Gasteiger partial charge is 0.339 e. The van der Waals surface area contributed by atoms with Crippen LogP contribution in [0.4, 0.5) is 5.95 Å². The second-order valence-electron chi connectivity index (χ2n) is 7.70. The van der Waals surface area contributed by atoms with Crippen molar-refractivity contribution in [3.8, 4) is 11.4 Å². The monoisotopic (exact) mass is 374 g/mol. The highest BCUT2D eigenvalue weighted by molar-refractivity contribution is 5.55. The average molecular weight is 374 g/mol. The van der Waals surface area contributed by atoms with Gasteiger partial charge in [-0.25, -0.2) is 15.0 Å². The molecular formula is C21H22N6O. The molecule has 0 radical (unpaired) electrons. The highest BCUT2D eigenvalue weighted by Crippen LogP contribution is 2.30. The summed E-state index contributed by atoms with van der Waals surface area (Å²) in [6.45, 7) is 3.79. The molecule has 28 heavy (non-hydrogen) atoms. The van der Waals surface area contributed by atoms with Gasteiger partial charge in [0.2, 0.25) is 5.95 Å². The first-order chi connectivity index (χ1) is 13.7. The highest BCUT2D eigenvalue weighted by Gasteiger charge is 2.31. The van der Waals surface area contributed by atoms with E-state index in [1.54, 1.807) is 22.9 Å². The summed E-state index contributed by atoms with van der Waals surface area (Å²) in [5.41, 5.74) is 3.81. The first-order valence-electron chi connectivity index (χ1n) is 9.76. The Kier molecular flexibility index (Phi) is 4.15. The Morgan fingerprint density at radius 2 is 2.07 bits per heavy atom. The number of nitrogens with zero attached hydrogens (tertiary/aromatic N) is 6. The van der Waals surface area contributed by atoms with Gasteiger partial charge < -0.3 is 4.90 Å². The van der Waals surface area contributed by atoms with Gasteiger partial charge in [0, 0.05) is 43.3 Å². The van der Waals surface area contributed by atoms with Crippen LogP contribution in [0.25, 0.3) is 11.4 Å². The van der Waals surface area contributed by atoms with E-state index >= 15 is 0 Å². The van der Waals surface area contributed by atoms with Crippen molar-refractivity contribution >= 4 is 5.95 Å². The Morgan fingerprint density at radius 3 is 2.89 bits per heavy atom. The fourth-order valence-electron chi connectivity index (χ4n) is 4.33. The van der Waals surface area contributed by atoms with Gasteiger partial charge in [0.15, 0.2) is 0 Å². The summed E-state index contributed by atoms with van der Waals surface area (Å²) in [4.78, 5) is 32.7. The summed E-state index contributed by atoms with van der Waals surface area (Å²) in [7, 11) is 0. The van der Waals surface area contributed by atoms with Gasteiger partial charge in [0.05, 0.1) is 11.4 Å². The summed E-state index contributed by atoms with van der Waals surface area (Å²) in [6, 6.07) is 7.88. The molecule has 1 aliphatic carbocycles. The van der Waals surface area contributed by atoms with E-state index in [0.717, 1.165) is 31.8 Å². The summed E-state index contributed by atoms with van der Waals surface area (Å²) in [5.74, 6) is 1.24. The van der Waals surface area contributed by atoms with Crippen LogP contribution in [0.15, 0.2) is 47.8 Å². The second kappa shape index (κ2) is 6.82. The van der Waals surface area contributed by atoms with Crippen LogP contribution in [0.5, 0.6) is 0 Å². The zero-order chi connectivity index (χ0) is 19.1. The molecule has 0 saturated heterocycles. The van der Waals surface area contributed by atoms with E-state index < -0.39 is 0 Å². The quantitative estimate of drug-likeness (QED) is 0.699. The average Bonchev–Trinajstić information content (AvgIpc) is 3.13. The normalized spacial score (nSPS) is 20.7. The smallest absolute Gasteiger partial charge is 0.255 e. The zero-order valence-electron chi connectivity index (χ0n) is 15.8. The molecule has 0 N–H and O–H groups in total. The van der Waals surface area contributed by atoms with E-state index in [4.69, 9.17) is 4.98 Å². The minimum atomic E-state index is -0.0214. The summed E-state index contributed by atoms with van der Waals surface area (Å²) in [5, 5.41) is 0. The lowest BCUT2D eigenvalue weighted by Crippen LogP contribution is -2.46. The summed E-state index contributed by atoms with van der Waals surface area (Å²) in [6.07, 6.45) is 7.98. The van der Waals surface area contributed by atoms with Crippen molar-refractivity contribution in [2.24, 2.45) is 5.92 Å². The molecule has 7 nitrogen and oxygen atoms in total. The van der Waals surface area contributed by atoms with Crippen LogP contribution in [0.2, 0.25) is 0 Å². The van der Waals surface area contributed by atoms with Gasteiger partial charge in [-0.2, -0.15) is 0 Å².